The molecule has 0 aliphatic carbocycles. The van der Waals surface area contributed by atoms with E-state index < -0.39 is 0 Å². The van der Waals surface area contributed by atoms with Crippen molar-refractivity contribution in [1.29, 1.82) is 0 Å². The Kier molecular flexibility index (Phi) is 8.87. The van der Waals surface area contributed by atoms with Gasteiger partial charge in [-0.3, -0.25) is 0 Å². The van der Waals surface area contributed by atoms with Gasteiger partial charge in [-0.1, -0.05) is 65.8 Å². The zero-order valence-electron chi connectivity index (χ0n) is 27.6. The monoisotopic (exact) mass is 568 g/mol. The molecule has 0 atom stereocenters. The molecule has 224 valence electrons. The van der Waals surface area contributed by atoms with Crippen LogP contribution in [0.2, 0.25) is 0 Å². The van der Waals surface area contributed by atoms with Crippen LogP contribution in [0.1, 0.15) is 80.4 Å². The van der Waals surface area contributed by atoms with Crippen LogP contribution in [-0.2, 0) is 10.8 Å². The number of rotatable bonds is 8. The van der Waals surface area contributed by atoms with Crippen LogP contribution in [0.25, 0.3) is 33.0 Å². The Labute approximate surface area is 253 Å². The van der Waals surface area contributed by atoms with Crippen molar-refractivity contribution >= 4 is 10.8 Å². The van der Waals surface area contributed by atoms with Crippen molar-refractivity contribution in [3.8, 4) is 45.3 Å². The number of hydrogen-bond donors (Lipinski definition) is 0. The molecule has 42 heavy (non-hydrogen) atoms. The summed E-state index contributed by atoms with van der Waals surface area (Å²) in [5.41, 5.74) is 6.31. The van der Waals surface area contributed by atoms with E-state index in [0.29, 0.717) is 0 Å². The van der Waals surface area contributed by atoms with Gasteiger partial charge >= 0.3 is 0 Å². The summed E-state index contributed by atoms with van der Waals surface area (Å²) in [6, 6.07) is 21.5. The largest absolute Gasteiger partial charge is 0.496 e. The first-order valence-corrected chi connectivity index (χ1v) is 15.0. The van der Waals surface area contributed by atoms with Crippen LogP contribution in [-0.4, -0.2) is 26.4 Å². The van der Waals surface area contributed by atoms with Gasteiger partial charge < -0.3 is 18.9 Å². The molecule has 4 aromatic rings. The minimum absolute atomic E-state index is 0.00793. The SMILES string of the molecule is COc1ccc(-c2c(OC(C)C)ccc3ccc(OC(C)C)c(-c4ccc(OC)c(C(C)(C)C)c4)c23)cc1C(C)(C)C. The number of ether oxygens (including phenoxy) is 4. The fraction of sp³-hybridized carbons (Fsp3) is 0.421. The highest BCUT2D eigenvalue weighted by Gasteiger charge is 2.26. The van der Waals surface area contributed by atoms with E-state index in [1.165, 1.54) is 0 Å². The lowest BCUT2D eigenvalue weighted by atomic mass is 9.82. The van der Waals surface area contributed by atoms with Crippen LogP contribution in [0.5, 0.6) is 23.0 Å². The van der Waals surface area contributed by atoms with Crippen molar-refractivity contribution in [1.82, 2.24) is 0 Å². The molecule has 0 radical (unpaired) electrons. The minimum atomic E-state index is -0.114. The summed E-state index contributed by atoms with van der Waals surface area (Å²) in [5, 5.41) is 2.22. The maximum Gasteiger partial charge on any atom is 0.128 e. The Morgan fingerprint density at radius 3 is 1.17 bits per heavy atom. The number of fused-ring (bicyclic) bond motifs is 1. The second-order valence-corrected chi connectivity index (χ2v) is 13.6. The van der Waals surface area contributed by atoms with Crippen molar-refractivity contribution in [3.63, 3.8) is 0 Å². The summed E-state index contributed by atoms with van der Waals surface area (Å²) < 4.78 is 24.7. The molecule has 0 heterocycles. The molecule has 0 spiro atoms. The van der Waals surface area contributed by atoms with E-state index in [0.717, 1.165) is 67.2 Å². The molecule has 4 rings (SSSR count). The van der Waals surface area contributed by atoms with Crippen molar-refractivity contribution in [2.45, 2.75) is 92.3 Å². The summed E-state index contributed by atoms with van der Waals surface area (Å²) in [4.78, 5) is 0. The van der Waals surface area contributed by atoms with Gasteiger partial charge in [-0.2, -0.15) is 0 Å². The summed E-state index contributed by atoms with van der Waals surface area (Å²) in [5.74, 6) is 3.45. The maximum atomic E-state index is 6.52. The second kappa shape index (κ2) is 11.9. The quantitative estimate of drug-likeness (QED) is 0.212. The molecule has 0 N–H and O–H groups in total. The molecule has 4 aromatic carbocycles. The molecule has 0 aliphatic heterocycles. The summed E-state index contributed by atoms with van der Waals surface area (Å²) in [6.45, 7) is 21.6. The van der Waals surface area contributed by atoms with Gasteiger partial charge in [0.15, 0.2) is 0 Å². The van der Waals surface area contributed by atoms with Crippen LogP contribution in [0.3, 0.4) is 0 Å². The predicted molar refractivity (Wildman–Crippen MR) is 177 cm³/mol. The summed E-state index contributed by atoms with van der Waals surface area (Å²) in [6.07, 6.45) is 0.0159. The van der Waals surface area contributed by atoms with Crippen molar-refractivity contribution in [3.05, 3.63) is 71.8 Å². The molecule has 0 aliphatic rings. The van der Waals surface area contributed by atoms with E-state index in [-0.39, 0.29) is 23.0 Å². The highest BCUT2D eigenvalue weighted by Crippen LogP contribution is 2.49. The zero-order chi connectivity index (χ0) is 31.0. The molecule has 4 nitrogen and oxygen atoms in total. The zero-order valence-corrected chi connectivity index (χ0v) is 27.6. The molecule has 0 aromatic heterocycles. The molecule has 0 bridgehead atoms. The normalized spacial score (nSPS) is 12.2. The van der Waals surface area contributed by atoms with Gasteiger partial charge in [-0.25, -0.2) is 0 Å². The average molecular weight is 569 g/mol. The fourth-order valence-corrected chi connectivity index (χ4v) is 5.56. The van der Waals surface area contributed by atoms with Gasteiger partial charge in [0.1, 0.15) is 23.0 Å². The van der Waals surface area contributed by atoms with Crippen LogP contribution in [0.4, 0.5) is 0 Å². The molecule has 4 heteroatoms. The van der Waals surface area contributed by atoms with E-state index in [1.807, 2.05) is 0 Å². The summed E-state index contributed by atoms with van der Waals surface area (Å²) in [7, 11) is 3.47. The molecule has 0 saturated heterocycles. The highest BCUT2D eigenvalue weighted by molar-refractivity contribution is 6.10. The fourth-order valence-electron chi connectivity index (χ4n) is 5.56. The Bertz CT molecular complexity index is 1450. The lowest BCUT2D eigenvalue weighted by Gasteiger charge is -2.26. The third kappa shape index (κ3) is 6.38. The lowest BCUT2D eigenvalue weighted by molar-refractivity contribution is 0.243. The number of benzene rings is 4. The van der Waals surface area contributed by atoms with Crippen LogP contribution in [0.15, 0.2) is 60.7 Å². The highest BCUT2D eigenvalue weighted by atomic mass is 16.5. The van der Waals surface area contributed by atoms with Gasteiger partial charge in [-0.15, -0.1) is 0 Å². The van der Waals surface area contributed by atoms with Crippen LogP contribution >= 0.6 is 0 Å². The van der Waals surface area contributed by atoms with Gasteiger partial charge in [0.05, 0.1) is 26.4 Å². The van der Waals surface area contributed by atoms with E-state index in [2.05, 4.69) is 130 Å². The van der Waals surface area contributed by atoms with E-state index in [9.17, 15) is 0 Å². The van der Waals surface area contributed by atoms with Crippen molar-refractivity contribution in [2.75, 3.05) is 14.2 Å². The molecule has 0 fully saturated rings. The lowest BCUT2D eigenvalue weighted by Crippen LogP contribution is -2.13. The third-order valence-corrected chi connectivity index (χ3v) is 7.43. The molecular weight excluding hydrogens is 520 g/mol. The van der Waals surface area contributed by atoms with Crippen LogP contribution < -0.4 is 18.9 Å². The molecule has 0 saturated carbocycles. The third-order valence-electron chi connectivity index (χ3n) is 7.43. The minimum Gasteiger partial charge on any atom is -0.496 e. The Balaban J connectivity index is 2.21. The van der Waals surface area contributed by atoms with Gasteiger partial charge in [0.2, 0.25) is 0 Å². The van der Waals surface area contributed by atoms with Gasteiger partial charge in [0.25, 0.3) is 0 Å². The maximum absolute atomic E-state index is 6.52. The summed E-state index contributed by atoms with van der Waals surface area (Å²) >= 11 is 0. The topological polar surface area (TPSA) is 36.9 Å². The van der Waals surface area contributed by atoms with Crippen LogP contribution in [0, 0.1) is 0 Å². The molecular formula is C38H48O4. The number of methoxy groups -OCH3 is 2. The van der Waals surface area contributed by atoms with E-state index in [4.69, 9.17) is 18.9 Å². The van der Waals surface area contributed by atoms with E-state index >= 15 is 0 Å². The second-order valence-electron chi connectivity index (χ2n) is 13.6. The van der Waals surface area contributed by atoms with E-state index in [1.54, 1.807) is 14.2 Å². The Hall–Kier alpha value is -3.66. The first-order chi connectivity index (χ1) is 19.6. The number of hydrogen-bond acceptors (Lipinski definition) is 4. The first-order valence-electron chi connectivity index (χ1n) is 15.0. The van der Waals surface area contributed by atoms with Gasteiger partial charge in [0, 0.05) is 27.6 Å². The standard InChI is InChI=1S/C38H48O4/c1-23(2)41-32-19-13-25-14-20-33(42-24(3)4)35(27-16-18-31(40-12)29(22-27)38(8,9)10)36(25)34(32)26-15-17-30(39-11)28(21-26)37(5,6)7/h13-24H,1-12H3. The van der Waals surface area contributed by atoms with Crippen molar-refractivity contribution < 1.29 is 18.9 Å². The van der Waals surface area contributed by atoms with Gasteiger partial charge in [-0.05, 0) is 91.4 Å². The first kappa shape index (κ1) is 31.3. The molecule has 0 unspecified atom stereocenters. The molecule has 0 amide bonds. The average Bonchev–Trinajstić information content (AvgIpc) is 2.90. The Morgan fingerprint density at radius 2 is 0.857 bits per heavy atom. The van der Waals surface area contributed by atoms with Crippen molar-refractivity contribution in [2.24, 2.45) is 0 Å². The Morgan fingerprint density at radius 1 is 0.500 bits per heavy atom. The smallest absolute Gasteiger partial charge is 0.128 e. The predicted octanol–water partition coefficient (Wildman–Crippen LogP) is 10.4.